The van der Waals surface area contributed by atoms with E-state index in [1.807, 2.05) is 79.7 Å². The van der Waals surface area contributed by atoms with Gasteiger partial charge in [0.05, 0.1) is 6.54 Å². The second-order valence-corrected chi connectivity index (χ2v) is 8.59. The highest BCUT2D eigenvalue weighted by atomic mass is 16.2. The standard InChI is InChI=1S/C26H28N4O3/c1-18(21-14-8-12-20-11-6-7-13-22(20)21)27-17-23(31)29-30-24(32)26(2,28-25(30)33)16-15-19-9-4-3-5-10-19/h3-14,18,27H,15-17H2,1-2H3,(H,28,33)(H,29,31)/t18-,26+/m1/s1. The summed E-state index contributed by atoms with van der Waals surface area (Å²) in [6.45, 7) is 3.62. The minimum atomic E-state index is -1.07. The number of imide groups is 1. The van der Waals surface area contributed by atoms with Gasteiger partial charge in [-0.2, -0.15) is 5.01 Å². The Morgan fingerprint density at radius 3 is 2.48 bits per heavy atom. The van der Waals surface area contributed by atoms with Crippen LogP contribution in [0.1, 0.15) is 37.4 Å². The Morgan fingerprint density at radius 2 is 1.70 bits per heavy atom. The van der Waals surface area contributed by atoms with Crippen molar-refractivity contribution in [2.75, 3.05) is 6.54 Å². The Morgan fingerprint density at radius 1 is 1.00 bits per heavy atom. The van der Waals surface area contributed by atoms with Gasteiger partial charge in [-0.05, 0) is 48.6 Å². The van der Waals surface area contributed by atoms with Crippen molar-refractivity contribution in [1.29, 1.82) is 0 Å². The molecule has 0 bridgehead atoms. The normalized spacial score (nSPS) is 18.9. The molecule has 3 aromatic rings. The van der Waals surface area contributed by atoms with E-state index in [9.17, 15) is 14.4 Å². The summed E-state index contributed by atoms with van der Waals surface area (Å²) in [5, 5.41) is 8.93. The van der Waals surface area contributed by atoms with Crippen LogP contribution < -0.4 is 16.1 Å². The molecule has 1 fully saturated rings. The SMILES string of the molecule is C[C@@H](NCC(=O)NN1C(=O)N[C@@](C)(CCc2ccccc2)C1=O)c1cccc2ccccc12. The van der Waals surface area contributed by atoms with Crippen molar-refractivity contribution >= 4 is 28.6 Å². The highest BCUT2D eigenvalue weighted by molar-refractivity contribution is 6.07. The first-order valence-electron chi connectivity index (χ1n) is 11.1. The van der Waals surface area contributed by atoms with E-state index in [1.165, 1.54) is 0 Å². The fourth-order valence-corrected chi connectivity index (χ4v) is 4.14. The summed E-state index contributed by atoms with van der Waals surface area (Å²) >= 11 is 0. The first kappa shape index (κ1) is 22.5. The third kappa shape index (κ3) is 4.88. The molecule has 3 N–H and O–H groups in total. The summed E-state index contributed by atoms with van der Waals surface area (Å²) in [7, 11) is 0. The Kier molecular flexibility index (Phi) is 6.42. The fourth-order valence-electron chi connectivity index (χ4n) is 4.14. The van der Waals surface area contributed by atoms with Crippen LogP contribution in [0.2, 0.25) is 0 Å². The highest BCUT2D eigenvalue weighted by Crippen LogP contribution is 2.24. The van der Waals surface area contributed by atoms with Gasteiger partial charge < -0.3 is 10.6 Å². The molecule has 0 radical (unpaired) electrons. The minimum absolute atomic E-state index is 0.0395. The Balaban J connectivity index is 1.34. The van der Waals surface area contributed by atoms with Gasteiger partial charge in [0.2, 0.25) is 0 Å². The molecule has 1 heterocycles. The summed E-state index contributed by atoms with van der Waals surface area (Å²) in [4.78, 5) is 37.9. The third-order valence-electron chi connectivity index (χ3n) is 6.11. The molecule has 0 aliphatic carbocycles. The van der Waals surface area contributed by atoms with Crippen LogP contribution in [0, 0.1) is 0 Å². The predicted octanol–water partition coefficient (Wildman–Crippen LogP) is 3.46. The highest BCUT2D eigenvalue weighted by Gasteiger charge is 2.48. The van der Waals surface area contributed by atoms with Crippen molar-refractivity contribution < 1.29 is 14.4 Å². The molecule has 7 heteroatoms. The number of aryl methyl sites for hydroxylation is 1. The van der Waals surface area contributed by atoms with Crippen LogP contribution in [-0.2, 0) is 16.0 Å². The van der Waals surface area contributed by atoms with Crippen molar-refractivity contribution in [2.45, 2.75) is 38.3 Å². The van der Waals surface area contributed by atoms with Crippen molar-refractivity contribution in [1.82, 2.24) is 21.1 Å². The number of rotatable bonds is 8. The zero-order chi connectivity index (χ0) is 23.4. The lowest BCUT2D eigenvalue weighted by Crippen LogP contribution is -2.51. The van der Waals surface area contributed by atoms with E-state index in [1.54, 1.807) is 6.92 Å². The van der Waals surface area contributed by atoms with Crippen molar-refractivity contribution in [3.8, 4) is 0 Å². The monoisotopic (exact) mass is 444 g/mol. The number of hydrogen-bond acceptors (Lipinski definition) is 4. The van der Waals surface area contributed by atoms with Gasteiger partial charge in [0.15, 0.2) is 0 Å². The number of nitrogens with zero attached hydrogens (tertiary/aromatic N) is 1. The van der Waals surface area contributed by atoms with Crippen LogP contribution in [0.15, 0.2) is 72.8 Å². The Labute approximate surface area is 193 Å². The maximum absolute atomic E-state index is 12.9. The van der Waals surface area contributed by atoms with E-state index in [2.05, 4.69) is 16.1 Å². The van der Waals surface area contributed by atoms with Gasteiger partial charge in [-0.15, -0.1) is 0 Å². The average Bonchev–Trinajstić information content (AvgIpc) is 3.04. The van der Waals surface area contributed by atoms with Gasteiger partial charge in [0, 0.05) is 6.04 Å². The molecular formula is C26H28N4O3. The number of hydrogen-bond donors (Lipinski definition) is 3. The van der Waals surface area contributed by atoms with Crippen LogP contribution in [-0.4, -0.2) is 34.9 Å². The molecule has 1 aliphatic heterocycles. The van der Waals surface area contributed by atoms with Gasteiger partial charge in [0.1, 0.15) is 5.54 Å². The molecule has 7 nitrogen and oxygen atoms in total. The summed E-state index contributed by atoms with van der Waals surface area (Å²) in [5.41, 5.74) is 3.53. The maximum atomic E-state index is 12.9. The minimum Gasteiger partial charge on any atom is -0.322 e. The number of hydrazine groups is 1. The number of carbonyl (C=O) groups excluding carboxylic acids is 3. The second-order valence-electron chi connectivity index (χ2n) is 8.59. The first-order valence-corrected chi connectivity index (χ1v) is 11.1. The smallest absolute Gasteiger partial charge is 0.322 e. The average molecular weight is 445 g/mol. The number of benzene rings is 3. The second kappa shape index (κ2) is 9.42. The van der Waals surface area contributed by atoms with Gasteiger partial charge in [-0.3, -0.25) is 15.0 Å². The molecule has 0 saturated carbocycles. The largest absolute Gasteiger partial charge is 0.344 e. The molecular weight excluding hydrogens is 416 g/mol. The van der Waals surface area contributed by atoms with Crippen molar-refractivity contribution in [3.63, 3.8) is 0 Å². The molecule has 0 unspecified atom stereocenters. The maximum Gasteiger partial charge on any atom is 0.344 e. The molecule has 0 spiro atoms. The van der Waals surface area contributed by atoms with Gasteiger partial charge in [-0.25, -0.2) is 4.79 Å². The van der Waals surface area contributed by atoms with Gasteiger partial charge in [0.25, 0.3) is 11.8 Å². The van der Waals surface area contributed by atoms with E-state index < -0.39 is 23.4 Å². The molecule has 1 aliphatic rings. The first-order chi connectivity index (χ1) is 15.9. The molecule has 4 rings (SSSR count). The molecule has 33 heavy (non-hydrogen) atoms. The zero-order valence-corrected chi connectivity index (χ0v) is 18.8. The van der Waals surface area contributed by atoms with Crippen molar-refractivity contribution in [2.24, 2.45) is 0 Å². The summed E-state index contributed by atoms with van der Waals surface area (Å²) in [6, 6.07) is 23.2. The Bertz CT molecular complexity index is 1180. The number of urea groups is 1. The van der Waals surface area contributed by atoms with Crippen LogP contribution >= 0.6 is 0 Å². The van der Waals surface area contributed by atoms with Crippen LogP contribution in [0.5, 0.6) is 0 Å². The third-order valence-corrected chi connectivity index (χ3v) is 6.11. The number of carbonyl (C=O) groups is 3. The summed E-state index contributed by atoms with van der Waals surface area (Å²) in [5.74, 6) is -0.920. The lowest BCUT2D eigenvalue weighted by atomic mass is 9.93. The van der Waals surface area contributed by atoms with Crippen LogP contribution in [0.3, 0.4) is 0 Å². The summed E-state index contributed by atoms with van der Waals surface area (Å²) < 4.78 is 0. The van der Waals surface area contributed by atoms with E-state index >= 15 is 0 Å². The molecule has 0 aromatic heterocycles. The fraction of sp³-hybridized carbons (Fsp3) is 0.269. The van der Waals surface area contributed by atoms with E-state index in [-0.39, 0.29) is 12.6 Å². The molecule has 3 aromatic carbocycles. The van der Waals surface area contributed by atoms with E-state index in [4.69, 9.17) is 0 Å². The van der Waals surface area contributed by atoms with Crippen molar-refractivity contribution in [3.05, 3.63) is 83.9 Å². The lowest BCUT2D eigenvalue weighted by molar-refractivity contribution is -0.138. The topological polar surface area (TPSA) is 90.5 Å². The lowest BCUT2D eigenvalue weighted by Gasteiger charge is -2.22. The van der Waals surface area contributed by atoms with Gasteiger partial charge >= 0.3 is 6.03 Å². The quantitative estimate of drug-likeness (QED) is 0.464. The Hall–Kier alpha value is -3.71. The number of fused-ring (bicyclic) bond motifs is 1. The zero-order valence-electron chi connectivity index (χ0n) is 18.8. The van der Waals surface area contributed by atoms with E-state index in [0.29, 0.717) is 12.8 Å². The van der Waals surface area contributed by atoms with Crippen LogP contribution in [0.4, 0.5) is 4.79 Å². The summed E-state index contributed by atoms with van der Waals surface area (Å²) in [6.07, 6.45) is 1.07. The van der Waals surface area contributed by atoms with Crippen LogP contribution in [0.25, 0.3) is 10.8 Å². The predicted molar refractivity (Wildman–Crippen MR) is 127 cm³/mol. The van der Waals surface area contributed by atoms with Gasteiger partial charge in [-0.1, -0.05) is 72.8 Å². The molecule has 2 atom stereocenters. The molecule has 1 saturated heterocycles. The molecule has 170 valence electrons. The number of amides is 4. The molecule has 4 amide bonds. The van der Waals surface area contributed by atoms with E-state index in [0.717, 1.165) is 26.9 Å². The number of nitrogens with one attached hydrogen (secondary N) is 3.